The zero-order valence-electron chi connectivity index (χ0n) is 20.7. The lowest BCUT2D eigenvalue weighted by Crippen LogP contribution is -2.48. The Morgan fingerprint density at radius 1 is 1.08 bits per heavy atom. The lowest BCUT2D eigenvalue weighted by Gasteiger charge is -2.34. The van der Waals surface area contributed by atoms with Gasteiger partial charge in [0.1, 0.15) is 5.75 Å². The van der Waals surface area contributed by atoms with Crippen LogP contribution in [0.4, 0.5) is 5.13 Å². The number of aromatic nitrogens is 1. The highest BCUT2D eigenvalue weighted by atomic mass is 32.2. The maximum Gasteiger partial charge on any atom is 0.253 e. The molecule has 1 unspecified atom stereocenters. The molecule has 10 heteroatoms. The second-order valence-corrected chi connectivity index (χ2v) is 12.4. The van der Waals surface area contributed by atoms with Gasteiger partial charge in [0, 0.05) is 44.8 Å². The summed E-state index contributed by atoms with van der Waals surface area (Å²) in [4.78, 5) is 22.2. The Hall–Kier alpha value is -2.69. The quantitative estimate of drug-likeness (QED) is 0.480. The van der Waals surface area contributed by atoms with Crippen LogP contribution in [-0.4, -0.2) is 74.4 Å². The largest absolute Gasteiger partial charge is 0.494 e. The number of benzene rings is 2. The van der Waals surface area contributed by atoms with E-state index in [1.165, 1.54) is 0 Å². The molecule has 192 valence electrons. The zero-order chi connectivity index (χ0) is 25.3. The summed E-state index contributed by atoms with van der Waals surface area (Å²) in [5.41, 5.74) is 1.46. The van der Waals surface area contributed by atoms with Crippen molar-refractivity contribution in [2.75, 3.05) is 50.8 Å². The number of carbonyl (C=O) groups excluding carboxylic acids is 1. The normalized spacial score (nSPS) is 19.6. The molecule has 0 bridgehead atoms. The van der Waals surface area contributed by atoms with Crippen molar-refractivity contribution in [2.24, 2.45) is 5.92 Å². The maximum absolute atomic E-state index is 13.1. The summed E-state index contributed by atoms with van der Waals surface area (Å²) in [7, 11) is -3.53. The van der Waals surface area contributed by atoms with E-state index < -0.39 is 10.0 Å². The van der Waals surface area contributed by atoms with Crippen molar-refractivity contribution in [3.8, 4) is 5.75 Å². The molecule has 36 heavy (non-hydrogen) atoms. The molecule has 2 aliphatic heterocycles. The molecule has 1 aromatic heterocycles. The van der Waals surface area contributed by atoms with E-state index in [1.54, 1.807) is 39.9 Å². The van der Waals surface area contributed by atoms with Crippen LogP contribution in [0.15, 0.2) is 47.4 Å². The summed E-state index contributed by atoms with van der Waals surface area (Å²) < 4.78 is 34.3. The van der Waals surface area contributed by atoms with E-state index in [0.717, 1.165) is 33.9 Å². The van der Waals surface area contributed by atoms with Crippen LogP contribution >= 0.6 is 11.3 Å². The van der Waals surface area contributed by atoms with Crippen LogP contribution < -0.4 is 9.64 Å². The second-order valence-electron chi connectivity index (χ2n) is 9.47. The molecular weight excluding hydrogens is 496 g/mol. The Bertz CT molecular complexity index is 1330. The predicted molar refractivity (Wildman–Crippen MR) is 143 cm³/mol. The number of amides is 1. The van der Waals surface area contributed by atoms with Crippen LogP contribution in [0.5, 0.6) is 5.75 Å². The first kappa shape index (κ1) is 25.0. The van der Waals surface area contributed by atoms with E-state index in [1.807, 2.05) is 30.0 Å². The van der Waals surface area contributed by atoms with Gasteiger partial charge in [-0.15, -0.1) is 0 Å². The number of nitrogens with zero attached hydrogens (tertiary/aromatic N) is 4. The second kappa shape index (κ2) is 10.4. The van der Waals surface area contributed by atoms with Gasteiger partial charge in [-0.05, 0) is 68.1 Å². The molecule has 8 nitrogen and oxygen atoms in total. The topological polar surface area (TPSA) is 83.0 Å². The molecule has 2 saturated heterocycles. The monoisotopic (exact) mass is 528 g/mol. The van der Waals surface area contributed by atoms with E-state index in [4.69, 9.17) is 9.72 Å². The smallest absolute Gasteiger partial charge is 0.253 e. The number of piperidine rings is 1. The Morgan fingerprint density at radius 2 is 1.83 bits per heavy atom. The van der Waals surface area contributed by atoms with Gasteiger partial charge in [-0.2, -0.15) is 4.31 Å². The molecule has 0 spiro atoms. The Labute approximate surface area is 216 Å². The van der Waals surface area contributed by atoms with Crippen molar-refractivity contribution in [3.05, 3.63) is 48.0 Å². The van der Waals surface area contributed by atoms with Crippen molar-refractivity contribution >= 4 is 42.6 Å². The third-order valence-corrected chi connectivity index (χ3v) is 9.81. The number of carbonyl (C=O) groups is 1. The van der Waals surface area contributed by atoms with Gasteiger partial charge in [0.15, 0.2) is 5.13 Å². The van der Waals surface area contributed by atoms with E-state index in [2.05, 4.69) is 11.8 Å². The molecule has 3 aromatic rings. The number of fused-ring (bicyclic) bond motifs is 1. The summed E-state index contributed by atoms with van der Waals surface area (Å²) in [5, 5.41) is 0.951. The summed E-state index contributed by atoms with van der Waals surface area (Å²) in [6, 6.07) is 12.4. The van der Waals surface area contributed by atoms with E-state index in [9.17, 15) is 13.2 Å². The number of anilines is 1. The average molecular weight is 529 g/mol. The van der Waals surface area contributed by atoms with E-state index in [0.29, 0.717) is 57.4 Å². The fourth-order valence-electron chi connectivity index (χ4n) is 4.85. The summed E-state index contributed by atoms with van der Waals surface area (Å²) in [6.07, 6.45) is 1.94. The lowest BCUT2D eigenvalue weighted by atomic mass is 10.0. The van der Waals surface area contributed by atoms with Gasteiger partial charge in [-0.25, -0.2) is 13.4 Å². The van der Waals surface area contributed by atoms with Crippen molar-refractivity contribution in [2.45, 2.75) is 31.6 Å². The van der Waals surface area contributed by atoms with Crippen LogP contribution in [0.25, 0.3) is 10.2 Å². The highest BCUT2D eigenvalue weighted by molar-refractivity contribution is 7.89. The molecule has 1 amide bonds. The predicted octanol–water partition coefficient (Wildman–Crippen LogP) is 4.08. The van der Waals surface area contributed by atoms with Gasteiger partial charge in [-0.1, -0.05) is 18.3 Å². The van der Waals surface area contributed by atoms with Gasteiger partial charge < -0.3 is 14.5 Å². The zero-order valence-corrected chi connectivity index (χ0v) is 22.4. The van der Waals surface area contributed by atoms with Gasteiger partial charge >= 0.3 is 0 Å². The molecule has 0 aliphatic carbocycles. The standard InChI is InChI=1S/C26H32N4O4S2/c1-3-34-21-8-11-23-24(17-21)35-26(27-23)29-15-13-28(14-16-29)25(31)20-6-9-22(10-7-20)36(32,33)30-12-4-5-19(2)18-30/h6-11,17,19H,3-5,12-16,18H2,1-2H3. The molecule has 5 rings (SSSR count). The minimum Gasteiger partial charge on any atom is -0.494 e. The van der Waals surface area contributed by atoms with Crippen LogP contribution in [-0.2, 0) is 10.0 Å². The average Bonchev–Trinajstić information content (AvgIpc) is 3.32. The molecule has 0 radical (unpaired) electrons. The first-order chi connectivity index (χ1) is 17.3. The summed E-state index contributed by atoms with van der Waals surface area (Å²) in [6.45, 7) is 8.36. The number of piperazine rings is 1. The Kier molecular flexibility index (Phi) is 7.18. The van der Waals surface area contributed by atoms with Crippen molar-refractivity contribution in [1.82, 2.24) is 14.2 Å². The fraction of sp³-hybridized carbons (Fsp3) is 0.462. The van der Waals surface area contributed by atoms with Gasteiger partial charge in [-0.3, -0.25) is 4.79 Å². The first-order valence-corrected chi connectivity index (χ1v) is 14.8. The fourth-order valence-corrected chi connectivity index (χ4v) is 7.50. The molecule has 2 fully saturated rings. The highest BCUT2D eigenvalue weighted by Crippen LogP contribution is 2.32. The van der Waals surface area contributed by atoms with E-state index >= 15 is 0 Å². The summed E-state index contributed by atoms with van der Waals surface area (Å²) in [5.74, 6) is 1.14. The van der Waals surface area contributed by atoms with Crippen LogP contribution in [0.3, 0.4) is 0 Å². The molecule has 2 aromatic carbocycles. The number of hydrogen-bond donors (Lipinski definition) is 0. The third kappa shape index (κ3) is 5.07. The van der Waals surface area contributed by atoms with Crippen molar-refractivity contribution in [1.29, 1.82) is 0 Å². The molecule has 0 saturated carbocycles. The first-order valence-electron chi connectivity index (χ1n) is 12.5. The van der Waals surface area contributed by atoms with Crippen molar-refractivity contribution in [3.63, 3.8) is 0 Å². The number of thiazole rings is 1. The van der Waals surface area contributed by atoms with Crippen LogP contribution in [0, 0.1) is 5.92 Å². The molecule has 0 N–H and O–H groups in total. The third-order valence-electron chi connectivity index (χ3n) is 6.86. The maximum atomic E-state index is 13.1. The number of sulfonamides is 1. The molecular formula is C26H32N4O4S2. The molecule has 2 aliphatic rings. The highest BCUT2D eigenvalue weighted by Gasteiger charge is 2.29. The minimum atomic E-state index is -3.53. The van der Waals surface area contributed by atoms with Crippen LogP contribution in [0.1, 0.15) is 37.0 Å². The SMILES string of the molecule is CCOc1ccc2nc(N3CCN(C(=O)c4ccc(S(=O)(=O)N5CCCC(C)C5)cc4)CC3)sc2c1. The minimum absolute atomic E-state index is 0.0733. The van der Waals surface area contributed by atoms with Gasteiger partial charge in [0.2, 0.25) is 10.0 Å². The Morgan fingerprint density at radius 3 is 2.53 bits per heavy atom. The van der Waals surface area contributed by atoms with Gasteiger partial charge in [0.05, 0.1) is 21.7 Å². The summed E-state index contributed by atoms with van der Waals surface area (Å²) >= 11 is 1.64. The van der Waals surface area contributed by atoms with Crippen molar-refractivity contribution < 1.29 is 17.9 Å². The van der Waals surface area contributed by atoms with Gasteiger partial charge in [0.25, 0.3) is 5.91 Å². The van der Waals surface area contributed by atoms with E-state index in [-0.39, 0.29) is 10.8 Å². The lowest BCUT2D eigenvalue weighted by molar-refractivity contribution is 0.0746. The number of ether oxygens (including phenoxy) is 1. The Balaban J connectivity index is 1.21. The molecule has 1 atom stereocenters. The van der Waals surface area contributed by atoms with Crippen LogP contribution in [0.2, 0.25) is 0 Å². The number of hydrogen-bond acceptors (Lipinski definition) is 7. The molecule has 3 heterocycles. The number of rotatable bonds is 6.